The van der Waals surface area contributed by atoms with Crippen molar-refractivity contribution in [1.29, 1.82) is 0 Å². The molecule has 3 aromatic rings. The molecule has 2 atom stereocenters. The number of amides is 1. The Hall–Kier alpha value is -2.67. The third-order valence-electron chi connectivity index (χ3n) is 5.46. The van der Waals surface area contributed by atoms with Crippen LogP contribution in [-0.4, -0.2) is 39.8 Å². The second kappa shape index (κ2) is 9.22. The Labute approximate surface area is 175 Å². The summed E-state index contributed by atoms with van der Waals surface area (Å²) in [7, 11) is 0. The lowest BCUT2D eigenvalue weighted by Gasteiger charge is -2.32. The third-order valence-corrected chi connectivity index (χ3v) is 6.45. The van der Waals surface area contributed by atoms with E-state index in [2.05, 4.69) is 39.5 Å². The molecule has 1 aromatic carbocycles. The number of nitrogens with one attached hydrogen (secondary N) is 1. The highest BCUT2D eigenvalue weighted by atomic mass is 32.1. The Morgan fingerprint density at radius 3 is 2.69 bits per heavy atom. The van der Waals surface area contributed by atoms with Gasteiger partial charge in [-0.15, -0.1) is 10.2 Å². The molecule has 29 heavy (non-hydrogen) atoms. The number of carbonyl (C=O) groups is 1. The Morgan fingerprint density at radius 2 is 1.93 bits per heavy atom. The maximum Gasteiger partial charge on any atom is 0.225 e. The summed E-state index contributed by atoms with van der Waals surface area (Å²) in [5.41, 5.74) is 1.26. The first kappa shape index (κ1) is 19.6. The van der Waals surface area contributed by atoms with Crippen molar-refractivity contribution in [3.05, 3.63) is 60.4 Å². The number of nitrogens with zero attached hydrogens (tertiary/aromatic N) is 4. The van der Waals surface area contributed by atoms with Crippen molar-refractivity contribution in [2.45, 2.75) is 38.6 Å². The molecule has 3 heterocycles. The van der Waals surface area contributed by atoms with E-state index >= 15 is 0 Å². The van der Waals surface area contributed by atoms with Gasteiger partial charge in [-0.1, -0.05) is 48.6 Å². The monoisotopic (exact) mass is 409 g/mol. The fourth-order valence-electron chi connectivity index (χ4n) is 3.78. The molecular weight excluding hydrogens is 382 g/mol. The van der Waals surface area contributed by atoms with E-state index in [0.29, 0.717) is 6.54 Å². The normalized spacial score (nSPS) is 17.8. The van der Waals surface area contributed by atoms with E-state index in [1.807, 2.05) is 47.3 Å². The van der Waals surface area contributed by atoms with Crippen LogP contribution >= 0.6 is 11.3 Å². The summed E-state index contributed by atoms with van der Waals surface area (Å²) in [5, 5.41) is 13.7. The zero-order valence-corrected chi connectivity index (χ0v) is 17.5. The Morgan fingerprint density at radius 1 is 1.17 bits per heavy atom. The zero-order chi connectivity index (χ0) is 20.1. The molecule has 0 bridgehead atoms. The fourth-order valence-corrected chi connectivity index (χ4v) is 4.63. The fraction of sp³-hybridized carbons (Fsp3) is 0.409. The molecule has 1 saturated heterocycles. The summed E-state index contributed by atoms with van der Waals surface area (Å²) < 4.78 is 1.96. The summed E-state index contributed by atoms with van der Waals surface area (Å²) in [4.78, 5) is 15.2. The lowest BCUT2D eigenvalue weighted by molar-refractivity contribution is -0.126. The summed E-state index contributed by atoms with van der Waals surface area (Å²) in [6, 6.07) is 14.5. The van der Waals surface area contributed by atoms with Gasteiger partial charge in [0.05, 0.1) is 5.92 Å². The molecule has 152 valence electrons. The number of carbonyl (C=O) groups excluding carboxylic acids is 1. The molecule has 0 saturated carbocycles. The second-order valence-corrected chi connectivity index (χ2v) is 8.48. The van der Waals surface area contributed by atoms with E-state index in [0.717, 1.165) is 42.5 Å². The van der Waals surface area contributed by atoms with Crippen molar-refractivity contribution < 1.29 is 4.79 Å². The van der Waals surface area contributed by atoms with Crippen LogP contribution in [0, 0.1) is 5.92 Å². The van der Waals surface area contributed by atoms with Gasteiger partial charge < -0.3 is 10.2 Å². The predicted molar refractivity (Wildman–Crippen MR) is 117 cm³/mol. The molecule has 6 nitrogen and oxygen atoms in total. The Kier molecular flexibility index (Phi) is 6.24. The molecule has 1 fully saturated rings. The van der Waals surface area contributed by atoms with Crippen LogP contribution < -0.4 is 10.2 Å². The van der Waals surface area contributed by atoms with Crippen molar-refractivity contribution >= 4 is 22.4 Å². The van der Waals surface area contributed by atoms with Crippen molar-refractivity contribution in [3.8, 4) is 5.13 Å². The summed E-state index contributed by atoms with van der Waals surface area (Å²) in [6.07, 6.45) is 7.64. The number of rotatable bonds is 7. The average molecular weight is 410 g/mol. The van der Waals surface area contributed by atoms with Gasteiger partial charge in [0.1, 0.15) is 0 Å². The van der Waals surface area contributed by atoms with Crippen LogP contribution in [0.1, 0.15) is 31.7 Å². The minimum atomic E-state index is -0.00694. The Bertz CT molecular complexity index is 908. The molecule has 1 amide bonds. The number of benzene rings is 1. The van der Waals surface area contributed by atoms with Gasteiger partial charge >= 0.3 is 0 Å². The number of aromatic nitrogens is 3. The van der Waals surface area contributed by atoms with Gasteiger partial charge in [-0.25, -0.2) is 0 Å². The molecule has 1 N–H and O–H groups in total. The average Bonchev–Trinajstić information content (AvgIpc) is 3.46. The number of anilines is 1. The van der Waals surface area contributed by atoms with Gasteiger partial charge in [-0.2, -0.15) is 0 Å². The van der Waals surface area contributed by atoms with Crippen molar-refractivity contribution in [1.82, 2.24) is 20.1 Å². The summed E-state index contributed by atoms with van der Waals surface area (Å²) in [5.74, 6) is 0.153. The summed E-state index contributed by atoms with van der Waals surface area (Å²) >= 11 is 1.57. The number of hydrogen-bond acceptors (Lipinski definition) is 5. The van der Waals surface area contributed by atoms with Gasteiger partial charge in [0.25, 0.3) is 0 Å². The van der Waals surface area contributed by atoms with Crippen LogP contribution in [0.5, 0.6) is 0 Å². The van der Waals surface area contributed by atoms with E-state index in [1.54, 1.807) is 11.3 Å². The minimum absolute atomic E-state index is 0.00694. The molecule has 0 aliphatic carbocycles. The highest BCUT2D eigenvalue weighted by Gasteiger charge is 2.28. The molecule has 0 spiro atoms. The largest absolute Gasteiger partial charge is 0.353 e. The molecular formula is C22H27N5OS. The molecule has 0 unspecified atom stereocenters. The van der Waals surface area contributed by atoms with Crippen molar-refractivity contribution in [2.24, 2.45) is 5.92 Å². The molecule has 0 radical (unpaired) electrons. The van der Waals surface area contributed by atoms with Gasteiger partial charge in [0, 0.05) is 31.5 Å². The van der Waals surface area contributed by atoms with E-state index in [1.165, 1.54) is 5.56 Å². The van der Waals surface area contributed by atoms with Gasteiger partial charge in [-0.3, -0.25) is 9.36 Å². The van der Waals surface area contributed by atoms with Gasteiger partial charge in [-0.05, 0) is 43.4 Å². The molecule has 4 rings (SSSR count). The third kappa shape index (κ3) is 4.85. The van der Waals surface area contributed by atoms with Gasteiger partial charge in [0.2, 0.25) is 16.2 Å². The van der Waals surface area contributed by atoms with Crippen molar-refractivity contribution in [3.63, 3.8) is 0 Å². The topological polar surface area (TPSA) is 63.1 Å². The van der Waals surface area contributed by atoms with E-state index < -0.39 is 0 Å². The standard InChI is InChI=1S/C22H27N5OS/c1-2-19(15-17-9-4-3-5-10-17)23-20(28)18-11-8-14-27(16-18)22-25-24-21(29-22)26-12-6-7-13-26/h3-7,9-10,12-13,18-19H,2,8,11,14-16H2,1H3,(H,23,28)/t18-,19-/m0/s1. The first-order valence-electron chi connectivity index (χ1n) is 10.3. The maximum atomic E-state index is 13.0. The Balaban J connectivity index is 1.37. The van der Waals surface area contributed by atoms with Crippen LogP contribution in [0.3, 0.4) is 0 Å². The second-order valence-electron chi connectivity index (χ2n) is 7.55. The predicted octanol–water partition coefficient (Wildman–Crippen LogP) is 3.68. The quantitative estimate of drug-likeness (QED) is 0.647. The van der Waals surface area contributed by atoms with E-state index in [4.69, 9.17) is 0 Å². The lowest BCUT2D eigenvalue weighted by atomic mass is 9.96. The van der Waals surface area contributed by atoms with Crippen LogP contribution in [0.2, 0.25) is 0 Å². The van der Waals surface area contributed by atoms with E-state index in [9.17, 15) is 4.79 Å². The van der Waals surface area contributed by atoms with Crippen LogP contribution in [-0.2, 0) is 11.2 Å². The molecule has 2 aromatic heterocycles. The molecule has 1 aliphatic rings. The number of hydrogen-bond donors (Lipinski definition) is 1. The minimum Gasteiger partial charge on any atom is -0.353 e. The van der Waals surface area contributed by atoms with Gasteiger partial charge in [0.15, 0.2) is 0 Å². The number of piperidine rings is 1. The zero-order valence-electron chi connectivity index (χ0n) is 16.7. The SMILES string of the molecule is CC[C@@H](Cc1ccccc1)NC(=O)[C@H]1CCCN(c2nnc(-n3cccc3)s2)C1. The van der Waals surface area contributed by atoms with Crippen LogP contribution in [0.15, 0.2) is 54.9 Å². The first-order valence-corrected chi connectivity index (χ1v) is 11.1. The molecule has 1 aliphatic heterocycles. The van der Waals surface area contributed by atoms with Crippen molar-refractivity contribution in [2.75, 3.05) is 18.0 Å². The maximum absolute atomic E-state index is 13.0. The summed E-state index contributed by atoms with van der Waals surface area (Å²) in [6.45, 7) is 3.75. The highest BCUT2D eigenvalue weighted by molar-refractivity contribution is 7.17. The van der Waals surface area contributed by atoms with E-state index in [-0.39, 0.29) is 17.9 Å². The van der Waals surface area contributed by atoms with Crippen LogP contribution in [0.25, 0.3) is 5.13 Å². The van der Waals surface area contributed by atoms with Crippen LogP contribution in [0.4, 0.5) is 5.13 Å². The lowest BCUT2D eigenvalue weighted by Crippen LogP contribution is -2.46. The molecule has 7 heteroatoms. The first-order chi connectivity index (χ1) is 14.2. The smallest absolute Gasteiger partial charge is 0.225 e. The highest BCUT2D eigenvalue weighted by Crippen LogP contribution is 2.28.